The third kappa shape index (κ3) is 2.95. The van der Waals surface area contributed by atoms with Crippen molar-refractivity contribution in [2.45, 2.75) is 11.8 Å². The van der Waals surface area contributed by atoms with Crippen LogP contribution in [0.3, 0.4) is 0 Å². The van der Waals surface area contributed by atoms with E-state index in [2.05, 4.69) is 10.3 Å². The smallest absolute Gasteiger partial charge is 0.244 e. The first kappa shape index (κ1) is 11.5. The van der Waals surface area contributed by atoms with Crippen LogP contribution in [0.4, 0.5) is 0 Å². The molecule has 0 fully saturated rings. The predicted octanol–water partition coefficient (Wildman–Crippen LogP) is 1.14. The van der Waals surface area contributed by atoms with Crippen LogP contribution in [0.25, 0.3) is 0 Å². The second-order valence-electron chi connectivity index (χ2n) is 2.59. The number of hydrogen-bond acceptors (Lipinski definition) is 3. The molecule has 0 aliphatic carbocycles. The zero-order chi connectivity index (χ0) is 10.6. The fourth-order valence-electron chi connectivity index (χ4n) is 0.840. The van der Waals surface area contributed by atoms with Crippen LogP contribution in [0.5, 0.6) is 0 Å². The van der Waals surface area contributed by atoms with Gasteiger partial charge in [-0.3, -0.25) is 0 Å². The number of hydrazine groups is 1. The quantitative estimate of drug-likeness (QED) is 0.769. The summed E-state index contributed by atoms with van der Waals surface area (Å²) in [5.74, 6) is 0. The average Bonchev–Trinajstić information content (AvgIpc) is 2.16. The van der Waals surface area contributed by atoms with Crippen molar-refractivity contribution in [1.82, 2.24) is 10.3 Å². The molecule has 0 heterocycles. The van der Waals surface area contributed by atoms with Crippen molar-refractivity contribution in [2.24, 2.45) is 0 Å². The Hall–Kier alpha value is -0.620. The Kier molecular flexibility index (Phi) is 3.88. The molecule has 78 valence electrons. The zero-order valence-electron chi connectivity index (χ0n) is 7.62. The van der Waals surface area contributed by atoms with Crippen LogP contribution in [0.15, 0.2) is 29.2 Å². The van der Waals surface area contributed by atoms with Gasteiger partial charge in [0.2, 0.25) is 0 Å². The Bertz CT molecular complexity index is 388. The standard InChI is InChI=1S/C8H11ClN2O2S/c1-2-10-11-14(12,13)8-5-3-7(9)4-6-8/h3-6,10-11H,2H2,1H3. The van der Waals surface area contributed by atoms with Crippen LogP contribution in [-0.4, -0.2) is 15.0 Å². The Morgan fingerprint density at radius 2 is 1.86 bits per heavy atom. The van der Waals surface area contributed by atoms with Gasteiger partial charge in [0.1, 0.15) is 0 Å². The topological polar surface area (TPSA) is 58.2 Å². The van der Waals surface area contributed by atoms with E-state index in [-0.39, 0.29) is 4.90 Å². The number of sulfonamides is 1. The predicted molar refractivity (Wildman–Crippen MR) is 55.5 cm³/mol. The molecule has 0 amide bonds. The summed E-state index contributed by atoms with van der Waals surface area (Å²) in [5.41, 5.74) is 2.53. The highest BCUT2D eigenvalue weighted by molar-refractivity contribution is 7.89. The van der Waals surface area contributed by atoms with Crippen LogP contribution >= 0.6 is 11.6 Å². The first-order valence-corrected chi connectivity index (χ1v) is 5.92. The van der Waals surface area contributed by atoms with Gasteiger partial charge in [0.15, 0.2) is 0 Å². The largest absolute Gasteiger partial charge is 0.253 e. The van der Waals surface area contributed by atoms with Gasteiger partial charge in [-0.1, -0.05) is 18.5 Å². The summed E-state index contributed by atoms with van der Waals surface area (Å²) in [6, 6.07) is 5.95. The van der Waals surface area contributed by atoms with E-state index >= 15 is 0 Å². The third-order valence-corrected chi connectivity index (χ3v) is 3.07. The lowest BCUT2D eigenvalue weighted by Gasteiger charge is -2.05. The van der Waals surface area contributed by atoms with Crippen molar-refractivity contribution >= 4 is 21.6 Å². The molecule has 6 heteroatoms. The summed E-state index contributed by atoms with van der Waals surface area (Å²) in [6.45, 7) is 2.32. The highest BCUT2D eigenvalue weighted by atomic mass is 35.5. The summed E-state index contributed by atoms with van der Waals surface area (Å²) in [4.78, 5) is 2.41. The Morgan fingerprint density at radius 1 is 1.29 bits per heavy atom. The molecule has 0 aromatic heterocycles. The maximum absolute atomic E-state index is 11.5. The molecule has 4 nitrogen and oxygen atoms in total. The fourth-order valence-corrected chi connectivity index (χ4v) is 1.91. The summed E-state index contributed by atoms with van der Waals surface area (Å²) in [5, 5.41) is 0.507. The van der Waals surface area contributed by atoms with Crippen LogP contribution in [0, 0.1) is 0 Å². The maximum Gasteiger partial charge on any atom is 0.253 e. The van der Waals surface area contributed by atoms with Crippen molar-refractivity contribution in [3.05, 3.63) is 29.3 Å². The zero-order valence-corrected chi connectivity index (χ0v) is 9.19. The van der Waals surface area contributed by atoms with Gasteiger partial charge in [0.05, 0.1) is 4.90 Å². The molecule has 0 saturated carbocycles. The molecule has 1 aromatic rings. The lowest BCUT2D eigenvalue weighted by molar-refractivity contribution is 0.561. The number of hydrogen-bond donors (Lipinski definition) is 2. The molecule has 0 radical (unpaired) electrons. The molecular formula is C8H11ClN2O2S. The van der Waals surface area contributed by atoms with Gasteiger partial charge in [-0.25, -0.2) is 13.8 Å². The van der Waals surface area contributed by atoms with E-state index in [0.717, 1.165) is 0 Å². The summed E-state index contributed by atoms with van der Waals surface area (Å²) in [7, 11) is -3.46. The molecule has 0 aliphatic rings. The van der Waals surface area contributed by atoms with Crippen LogP contribution < -0.4 is 10.3 Å². The van der Waals surface area contributed by atoms with Gasteiger partial charge in [-0.2, -0.15) is 0 Å². The minimum Gasteiger partial charge on any atom is -0.244 e. The number of rotatable bonds is 4. The highest BCUT2D eigenvalue weighted by Gasteiger charge is 2.11. The lowest BCUT2D eigenvalue weighted by Crippen LogP contribution is -2.36. The molecule has 2 N–H and O–H groups in total. The van der Waals surface area contributed by atoms with Gasteiger partial charge in [0.25, 0.3) is 10.0 Å². The second kappa shape index (κ2) is 4.75. The van der Waals surface area contributed by atoms with Gasteiger partial charge in [-0.15, -0.1) is 4.83 Å². The minimum absolute atomic E-state index is 0.183. The van der Waals surface area contributed by atoms with E-state index in [1.165, 1.54) is 24.3 Å². The average molecular weight is 235 g/mol. The molecule has 0 unspecified atom stereocenters. The van der Waals surface area contributed by atoms with Gasteiger partial charge in [0, 0.05) is 11.6 Å². The van der Waals surface area contributed by atoms with Gasteiger partial charge < -0.3 is 0 Å². The molecule has 0 bridgehead atoms. The van der Waals surface area contributed by atoms with Crippen molar-refractivity contribution in [1.29, 1.82) is 0 Å². The monoisotopic (exact) mass is 234 g/mol. The fraction of sp³-hybridized carbons (Fsp3) is 0.250. The van der Waals surface area contributed by atoms with Gasteiger partial charge >= 0.3 is 0 Å². The van der Waals surface area contributed by atoms with Crippen LogP contribution in [0.1, 0.15) is 6.92 Å². The second-order valence-corrected chi connectivity index (χ2v) is 4.71. The highest BCUT2D eigenvalue weighted by Crippen LogP contribution is 2.13. The van der Waals surface area contributed by atoms with Crippen molar-refractivity contribution in [2.75, 3.05) is 6.54 Å². The Morgan fingerprint density at radius 3 is 2.36 bits per heavy atom. The van der Waals surface area contributed by atoms with Gasteiger partial charge in [-0.05, 0) is 24.3 Å². The lowest BCUT2D eigenvalue weighted by atomic mass is 10.4. The SMILES string of the molecule is CCNNS(=O)(=O)c1ccc(Cl)cc1. The molecule has 1 aromatic carbocycles. The molecular weight excluding hydrogens is 224 g/mol. The summed E-state index contributed by atoms with van der Waals surface area (Å²) in [6.07, 6.45) is 0. The van der Waals surface area contributed by atoms with Crippen LogP contribution in [-0.2, 0) is 10.0 Å². The van der Waals surface area contributed by atoms with Crippen molar-refractivity contribution < 1.29 is 8.42 Å². The van der Waals surface area contributed by atoms with E-state index in [1.807, 2.05) is 0 Å². The summed E-state index contributed by atoms with van der Waals surface area (Å²) < 4.78 is 23.0. The first-order valence-electron chi connectivity index (χ1n) is 4.06. The molecule has 14 heavy (non-hydrogen) atoms. The van der Waals surface area contributed by atoms with E-state index < -0.39 is 10.0 Å². The molecule has 0 atom stereocenters. The van der Waals surface area contributed by atoms with E-state index in [1.54, 1.807) is 6.92 Å². The molecule has 1 rings (SSSR count). The normalized spacial score (nSPS) is 11.6. The summed E-state index contributed by atoms with van der Waals surface area (Å²) >= 11 is 5.64. The number of halogens is 1. The maximum atomic E-state index is 11.5. The minimum atomic E-state index is -3.46. The molecule has 0 saturated heterocycles. The number of benzene rings is 1. The Labute approximate surface area is 88.3 Å². The first-order chi connectivity index (χ1) is 6.56. The van der Waals surface area contributed by atoms with E-state index in [9.17, 15) is 8.42 Å². The van der Waals surface area contributed by atoms with E-state index in [4.69, 9.17) is 11.6 Å². The van der Waals surface area contributed by atoms with Crippen LogP contribution in [0.2, 0.25) is 5.02 Å². The molecule has 0 spiro atoms. The van der Waals surface area contributed by atoms with Crippen molar-refractivity contribution in [3.8, 4) is 0 Å². The number of nitrogens with one attached hydrogen (secondary N) is 2. The van der Waals surface area contributed by atoms with Crippen molar-refractivity contribution in [3.63, 3.8) is 0 Å². The third-order valence-electron chi connectivity index (χ3n) is 1.51. The molecule has 0 aliphatic heterocycles. The Balaban J connectivity index is 2.87. The van der Waals surface area contributed by atoms with E-state index in [0.29, 0.717) is 11.6 Å².